The van der Waals surface area contributed by atoms with Crippen LogP contribution >= 0.6 is 0 Å². The number of halogens is 3. The molecular formula is C25H21F3N2O3. The van der Waals surface area contributed by atoms with Crippen LogP contribution in [0.4, 0.5) is 18.0 Å². The van der Waals surface area contributed by atoms with Crippen molar-refractivity contribution in [3.63, 3.8) is 0 Å². The van der Waals surface area contributed by atoms with Gasteiger partial charge in [0.2, 0.25) is 0 Å². The molecule has 1 amide bonds. The number of H-pyrrole nitrogens is 1. The lowest BCUT2D eigenvalue weighted by atomic mass is 9.98. The van der Waals surface area contributed by atoms with Crippen molar-refractivity contribution in [2.75, 3.05) is 13.2 Å². The van der Waals surface area contributed by atoms with E-state index in [0.29, 0.717) is 12.6 Å². The van der Waals surface area contributed by atoms with E-state index in [9.17, 15) is 22.8 Å². The van der Waals surface area contributed by atoms with E-state index in [4.69, 9.17) is 4.74 Å². The number of hydrogen-bond acceptors (Lipinski definition) is 3. The van der Waals surface area contributed by atoms with Gasteiger partial charge in [-0.15, -0.1) is 0 Å². The second-order valence-corrected chi connectivity index (χ2v) is 7.61. The summed E-state index contributed by atoms with van der Waals surface area (Å²) in [5, 5.41) is 2.61. The number of pyridine rings is 1. The van der Waals surface area contributed by atoms with Gasteiger partial charge < -0.3 is 15.0 Å². The molecule has 0 saturated carbocycles. The molecule has 5 nitrogen and oxygen atoms in total. The molecule has 2 aromatic carbocycles. The maximum Gasteiger partial charge on any atom is 0.417 e. The van der Waals surface area contributed by atoms with Gasteiger partial charge in [-0.1, -0.05) is 60.7 Å². The highest BCUT2D eigenvalue weighted by atomic mass is 19.4. The van der Waals surface area contributed by atoms with E-state index in [0.717, 1.165) is 28.3 Å². The first-order valence-corrected chi connectivity index (χ1v) is 10.4. The normalized spacial score (nSPS) is 13.1. The maximum absolute atomic E-state index is 12.8. The number of aromatic nitrogens is 1. The van der Waals surface area contributed by atoms with Crippen LogP contribution in [0.2, 0.25) is 0 Å². The van der Waals surface area contributed by atoms with Gasteiger partial charge in [0.15, 0.2) is 0 Å². The third-order valence-corrected chi connectivity index (χ3v) is 5.48. The third kappa shape index (κ3) is 5.00. The zero-order valence-electron chi connectivity index (χ0n) is 17.5. The number of alkyl halides is 3. The van der Waals surface area contributed by atoms with Crippen LogP contribution < -0.4 is 10.9 Å². The van der Waals surface area contributed by atoms with Crippen molar-refractivity contribution in [2.45, 2.75) is 18.5 Å². The minimum Gasteiger partial charge on any atom is -0.449 e. The van der Waals surface area contributed by atoms with Gasteiger partial charge in [0, 0.05) is 24.2 Å². The number of nitrogens with one attached hydrogen (secondary N) is 2. The monoisotopic (exact) mass is 454 g/mol. The zero-order chi connectivity index (χ0) is 23.4. The topological polar surface area (TPSA) is 71.2 Å². The van der Waals surface area contributed by atoms with Crippen LogP contribution in [0, 0.1) is 0 Å². The van der Waals surface area contributed by atoms with E-state index >= 15 is 0 Å². The Hall–Kier alpha value is -3.81. The quantitative estimate of drug-likeness (QED) is 0.494. The van der Waals surface area contributed by atoms with Gasteiger partial charge in [-0.2, -0.15) is 13.2 Å². The second kappa shape index (κ2) is 9.36. The Bertz CT molecular complexity index is 1200. The zero-order valence-corrected chi connectivity index (χ0v) is 17.5. The van der Waals surface area contributed by atoms with Gasteiger partial charge >= 0.3 is 12.3 Å². The van der Waals surface area contributed by atoms with E-state index in [1.807, 2.05) is 36.4 Å². The Balaban J connectivity index is 1.29. The molecule has 1 aliphatic rings. The number of rotatable bonds is 6. The molecule has 0 fully saturated rings. The van der Waals surface area contributed by atoms with Gasteiger partial charge in [0.25, 0.3) is 5.56 Å². The number of fused-ring (bicyclic) bond motifs is 3. The summed E-state index contributed by atoms with van der Waals surface area (Å²) in [5.74, 6) is -0.0457. The molecule has 0 aliphatic heterocycles. The highest BCUT2D eigenvalue weighted by molar-refractivity contribution is 5.79. The highest BCUT2D eigenvalue weighted by Gasteiger charge is 2.31. The fraction of sp³-hybridized carbons (Fsp3) is 0.200. The Morgan fingerprint density at radius 2 is 1.70 bits per heavy atom. The molecule has 3 aromatic rings. The largest absolute Gasteiger partial charge is 0.449 e. The van der Waals surface area contributed by atoms with Gasteiger partial charge in [-0.3, -0.25) is 4.79 Å². The number of ether oxygens (including phenoxy) is 1. The number of aromatic amines is 1. The van der Waals surface area contributed by atoms with Crippen LogP contribution in [0.5, 0.6) is 0 Å². The number of amides is 1. The molecular weight excluding hydrogens is 433 g/mol. The fourth-order valence-electron chi connectivity index (χ4n) is 3.91. The number of alkyl carbamates (subject to hydrolysis) is 1. The first-order valence-electron chi connectivity index (χ1n) is 10.4. The van der Waals surface area contributed by atoms with Crippen molar-refractivity contribution in [3.8, 4) is 11.1 Å². The van der Waals surface area contributed by atoms with E-state index in [1.54, 1.807) is 0 Å². The number of benzene rings is 2. The fourth-order valence-corrected chi connectivity index (χ4v) is 3.91. The molecule has 1 heterocycles. The summed E-state index contributed by atoms with van der Waals surface area (Å²) >= 11 is 0. The van der Waals surface area contributed by atoms with E-state index in [1.165, 1.54) is 12.2 Å². The highest BCUT2D eigenvalue weighted by Crippen LogP contribution is 2.44. The first-order chi connectivity index (χ1) is 15.8. The summed E-state index contributed by atoms with van der Waals surface area (Å²) in [6.45, 7) is 0.402. The Labute approximate surface area is 187 Å². The molecule has 0 bridgehead atoms. The van der Waals surface area contributed by atoms with Crippen molar-refractivity contribution in [3.05, 3.63) is 99.5 Å². The molecule has 0 unspecified atom stereocenters. The molecule has 0 saturated heterocycles. The summed E-state index contributed by atoms with van der Waals surface area (Å²) in [4.78, 5) is 25.9. The molecule has 1 aromatic heterocycles. The molecule has 0 spiro atoms. The molecule has 33 heavy (non-hydrogen) atoms. The first kappa shape index (κ1) is 22.4. The van der Waals surface area contributed by atoms with Crippen LogP contribution in [0.3, 0.4) is 0 Å². The summed E-state index contributed by atoms with van der Waals surface area (Å²) in [6.07, 6.45) is -1.35. The minimum absolute atomic E-state index is 0.0457. The van der Waals surface area contributed by atoms with Gasteiger partial charge in [0.1, 0.15) is 6.61 Å². The third-order valence-electron chi connectivity index (χ3n) is 5.48. The Morgan fingerprint density at radius 1 is 1.06 bits per heavy atom. The van der Waals surface area contributed by atoms with Crippen LogP contribution in [0.15, 0.2) is 71.7 Å². The summed E-state index contributed by atoms with van der Waals surface area (Å²) < 4.78 is 43.7. The number of carbonyl (C=O) groups is 1. The van der Waals surface area contributed by atoms with Crippen molar-refractivity contribution in [2.24, 2.45) is 0 Å². The second-order valence-electron chi connectivity index (χ2n) is 7.61. The molecule has 8 heteroatoms. The molecule has 170 valence electrons. The predicted molar refractivity (Wildman–Crippen MR) is 119 cm³/mol. The number of carbonyl (C=O) groups excluding carboxylic acids is 1. The van der Waals surface area contributed by atoms with Gasteiger partial charge in [-0.25, -0.2) is 4.79 Å². The van der Waals surface area contributed by atoms with Crippen molar-refractivity contribution >= 4 is 12.2 Å². The van der Waals surface area contributed by atoms with Crippen LogP contribution in [0.1, 0.15) is 34.6 Å². The predicted octanol–water partition coefficient (Wildman–Crippen LogP) is 5.34. The SMILES string of the molecule is O=C(NCCC=Cc1cc(C(F)(F)F)c[nH]c1=O)OCC1c2ccccc2-c2ccccc21. The van der Waals surface area contributed by atoms with Gasteiger partial charge in [-0.05, 0) is 34.7 Å². The maximum atomic E-state index is 12.8. The number of hydrogen-bond donors (Lipinski definition) is 2. The lowest BCUT2D eigenvalue weighted by Gasteiger charge is -2.14. The van der Waals surface area contributed by atoms with Crippen LogP contribution in [0.25, 0.3) is 17.2 Å². The summed E-state index contributed by atoms with van der Waals surface area (Å²) in [7, 11) is 0. The van der Waals surface area contributed by atoms with E-state index in [-0.39, 0.29) is 24.6 Å². The molecule has 4 rings (SSSR count). The molecule has 0 radical (unpaired) electrons. The Kier molecular flexibility index (Phi) is 6.35. The van der Waals surface area contributed by atoms with Crippen molar-refractivity contribution in [1.29, 1.82) is 0 Å². The average molecular weight is 454 g/mol. The molecule has 0 atom stereocenters. The molecule has 1 aliphatic carbocycles. The van der Waals surface area contributed by atoms with Crippen LogP contribution in [-0.4, -0.2) is 24.2 Å². The van der Waals surface area contributed by atoms with Gasteiger partial charge in [0.05, 0.1) is 5.56 Å². The average Bonchev–Trinajstić information content (AvgIpc) is 3.11. The lowest BCUT2D eigenvalue weighted by molar-refractivity contribution is -0.137. The Morgan fingerprint density at radius 3 is 2.33 bits per heavy atom. The van der Waals surface area contributed by atoms with Crippen LogP contribution in [-0.2, 0) is 10.9 Å². The van der Waals surface area contributed by atoms with E-state index in [2.05, 4.69) is 22.4 Å². The van der Waals surface area contributed by atoms with Crippen molar-refractivity contribution in [1.82, 2.24) is 10.3 Å². The van der Waals surface area contributed by atoms with Crippen molar-refractivity contribution < 1.29 is 22.7 Å². The summed E-state index contributed by atoms with van der Waals surface area (Å²) in [6, 6.07) is 16.8. The lowest BCUT2D eigenvalue weighted by Crippen LogP contribution is -2.26. The van der Waals surface area contributed by atoms with E-state index < -0.39 is 23.4 Å². The molecule has 2 N–H and O–H groups in total. The smallest absolute Gasteiger partial charge is 0.417 e. The minimum atomic E-state index is -4.54. The summed E-state index contributed by atoms with van der Waals surface area (Å²) in [5.41, 5.74) is 2.84. The standard InChI is InChI=1S/C25H21F3N2O3/c26-25(27,28)17-13-16(23(31)30-14-17)7-5-6-12-29-24(32)33-15-22-20-10-3-1-8-18(20)19-9-2-4-11-21(19)22/h1-5,7-11,13-14,22H,6,12,15H2,(H,29,32)(H,30,31).